The predicted molar refractivity (Wildman–Crippen MR) is 47.2 cm³/mol. The Morgan fingerprint density at radius 3 is 3.00 bits per heavy atom. The molecule has 0 aliphatic carbocycles. The second-order valence-electron chi connectivity index (χ2n) is 2.67. The first kappa shape index (κ1) is 8.30. The third-order valence-electron chi connectivity index (χ3n) is 1.80. The molecular weight excluding hydrogens is 188 g/mol. The van der Waals surface area contributed by atoms with Crippen LogP contribution in [0.15, 0.2) is 17.2 Å². The summed E-state index contributed by atoms with van der Waals surface area (Å²) < 4.78 is 0.985. The van der Waals surface area contributed by atoms with E-state index in [1.807, 2.05) is 0 Å². The van der Waals surface area contributed by atoms with Crippen LogP contribution in [0, 0.1) is 0 Å². The highest BCUT2D eigenvalue weighted by Gasteiger charge is 2.13. The van der Waals surface area contributed by atoms with Crippen LogP contribution in [0.25, 0.3) is 5.65 Å². The number of nitrogens with one attached hydrogen (secondary N) is 1. The van der Waals surface area contributed by atoms with Gasteiger partial charge in [0.1, 0.15) is 11.3 Å². The second-order valence-corrected chi connectivity index (χ2v) is 2.67. The van der Waals surface area contributed by atoms with Gasteiger partial charge in [0.25, 0.3) is 5.56 Å². The molecule has 0 saturated carbocycles. The number of nitrogens with two attached hydrogens (primary N) is 1. The Labute approximate surface area is 76.8 Å². The van der Waals surface area contributed by atoms with Gasteiger partial charge in [0.05, 0.1) is 6.20 Å². The Bertz CT molecular complexity index is 568. The molecule has 0 aromatic carbocycles. The zero-order valence-corrected chi connectivity index (χ0v) is 6.89. The highest BCUT2D eigenvalue weighted by atomic mass is 16.4. The van der Waals surface area contributed by atoms with Crippen molar-refractivity contribution in [1.29, 1.82) is 0 Å². The van der Waals surface area contributed by atoms with Gasteiger partial charge >= 0.3 is 5.97 Å². The smallest absolute Gasteiger partial charge is 0.341 e. The summed E-state index contributed by atoms with van der Waals surface area (Å²) in [5.74, 6) is -1.15. The van der Waals surface area contributed by atoms with Crippen LogP contribution < -0.4 is 11.3 Å². The minimum Gasteiger partial charge on any atom is -0.477 e. The van der Waals surface area contributed by atoms with E-state index < -0.39 is 11.5 Å². The molecule has 14 heavy (non-hydrogen) atoms. The maximum Gasteiger partial charge on any atom is 0.341 e. The Morgan fingerprint density at radius 1 is 1.64 bits per heavy atom. The van der Waals surface area contributed by atoms with Crippen molar-refractivity contribution in [2.24, 2.45) is 0 Å². The van der Waals surface area contributed by atoms with Crippen molar-refractivity contribution < 1.29 is 9.90 Å². The first-order chi connectivity index (χ1) is 6.61. The van der Waals surface area contributed by atoms with Gasteiger partial charge in [-0.05, 0) is 0 Å². The molecule has 2 aromatic heterocycles. The summed E-state index contributed by atoms with van der Waals surface area (Å²) in [7, 11) is 0. The zero-order chi connectivity index (χ0) is 10.3. The van der Waals surface area contributed by atoms with Gasteiger partial charge in [0.15, 0.2) is 5.65 Å². The number of hydrogen-bond donors (Lipinski definition) is 3. The number of aromatic carboxylic acids is 1. The van der Waals surface area contributed by atoms with Crippen LogP contribution >= 0.6 is 0 Å². The molecule has 0 fully saturated rings. The lowest BCUT2D eigenvalue weighted by Gasteiger charge is -1.94. The number of nitrogen functional groups attached to an aromatic ring is 1. The van der Waals surface area contributed by atoms with Crippen molar-refractivity contribution in [1.82, 2.24) is 14.6 Å². The van der Waals surface area contributed by atoms with Gasteiger partial charge in [-0.1, -0.05) is 0 Å². The molecule has 7 nitrogen and oxygen atoms in total. The summed E-state index contributed by atoms with van der Waals surface area (Å²) in [6.07, 6.45) is 2.32. The van der Waals surface area contributed by atoms with Gasteiger partial charge in [0, 0.05) is 6.20 Å². The molecule has 7 heteroatoms. The van der Waals surface area contributed by atoms with E-state index in [-0.39, 0.29) is 16.9 Å². The molecule has 0 amide bonds. The molecular formula is C7H6N4O3. The van der Waals surface area contributed by atoms with Crippen molar-refractivity contribution in [3.05, 3.63) is 28.3 Å². The molecule has 0 aliphatic heterocycles. The average Bonchev–Trinajstić information content (AvgIpc) is 2.55. The lowest BCUT2D eigenvalue weighted by atomic mass is 10.3. The van der Waals surface area contributed by atoms with E-state index in [1.165, 1.54) is 6.20 Å². The molecule has 2 heterocycles. The van der Waals surface area contributed by atoms with Crippen molar-refractivity contribution in [2.75, 3.05) is 5.73 Å². The minimum atomic E-state index is -1.15. The van der Waals surface area contributed by atoms with Gasteiger partial charge < -0.3 is 10.8 Å². The van der Waals surface area contributed by atoms with Crippen molar-refractivity contribution in [3.8, 4) is 0 Å². The van der Waals surface area contributed by atoms with Crippen LogP contribution in [0.3, 0.4) is 0 Å². The number of carboxylic acid groups (broad SMARTS) is 1. The van der Waals surface area contributed by atoms with E-state index in [0.717, 1.165) is 10.7 Å². The number of nitrogens with zero attached hydrogens (tertiary/aromatic N) is 2. The normalized spacial score (nSPS) is 10.6. The molecule has 2 aromatic rings. The second kappa shape index (κ2) is 2.59. The summed E-state index contributed by atoms with van der Waals surface area (Å²) >= 11 is 0. The van der Waals surface area contributed by atoms with Gasteiger partial charge in [-0.25, -0.2) is 9.78 Å². The molecule has 0 radical (unpaired) electrons. The number of anilines is 1. The van der Waals surface area contributed by atoms with Crippen molar-refractivity contribution in [3.63, 3.8) is 0 Å². The van der Waals surface area contributed by atoms with E-state index in [1.54, 1.807) is 0 Å². The third kappa shape index (κ3) is 0.954. The van der Waals surface area contributed by atoms with Crippen LogP contribution in [0.5, 0.6) is 0 Å². The Hall–Kier alpha value is -2.31. The highest BCUT2D eigenvalue weighted by molar-refractivity contribution is 5.94. The third-order valence-corrected chi connectivity index (χ3v) is 1.80. The van der Waals surface area contributed by atoms with Crippen LogP contribution in [-0.2, 0) is 0 Å². The maximum atomic E-state index is 11.3. The topological polar surface area (TPSA) is 113 Å². The monoisotopic (exact) mass is 194 g/mol. The van der Waals surface area contributed by atoms with E-state index >= 15 is 0 Å². The number of fused-ring (bicyclic) bond motifs is 1. The largest absolute Gasteiger partial charge is 0.477 e. The lowest BCUT2D eigenvalue weighted by molar-refractivity contribution is 0.0699. The van der Waals surface area contributed by atoms with Gasteiger partial charge in [-0.2, -0.15) is 4.52 Å². The average molecular weight is 194 g/mol. The number of aromatic amines is 1. The van der Waals surface area contributed by atoms with Gasteiger partial charge in [-0.15, -0.1) is 0 Å². The molecule has 4 N–H and O–H groups in total. The standard InChI is InChI=1S/C7H6N4O3/c8-4-2-9-5-3(7(13)14)1-10-11(5)6(4)12/h1-2,10H,8H2,(H,13,14). The number of carboxylic acids is 1. The molecule has 0 unspecified atom stereocenters. The number of carbonyl (C=O) groups is 1. The minimum absolute atomic E-state index is 0.0405. The fraction of sp³-hybridized carbons (Fsp3) is 0. The summed E-state index contributed by atoms with van der Waals surface area (Å²) in [5.41, 5.74) is 4.74. The van der Waals surface area contributed by atoms with E-state index in [2.05, 4.69) is 10.1 Å². The molecule has 0 saturated heterocycles. The number of hydrogen-bond acceptors (Lipinski definition) is 4. The van der Waals surface area contributed by atoms with Gasteiger partial charge in [0.2, 0.25) is 0 Å². The van der Waals surface area contributed by atoms with Crippen molar-refractivity contribution in [2.45, 2.75) is 0 Å². The lowest BCUT2D eigenvalue weighted by Crippen LogP contribution is -2.18. The fourth-order valence-corrected chi connectivity index (χ4v) is 1.13. The van der Waals surface area contributed by atoms with Crippen LogP contribution in [-0.4, -0.2) is 25.7 Å². The Balaban J connectivity index is 2.91. The molecule has 0 spiro atoms. The first-order valence-electron chi connectivity index (χ1n) is 3.69. The first-order valence-corrected chi connectivity index (χ1v) is 3.69. The fourth-order valence-electron chi connectivity index (χ4n) is 1.13. The molecule has 2 rings (SSSR count). The summed E-state index contributed by atoms with van der Waals surface area (Å²) in [5, 5.41) is 11.2. The molecule has 72 valence electrons. The Kier molecular flexibility index (Phi) is 1.53. The van der Waals surface area contributed by atoms with Gasteiger partial charge in [-0.3, -0.25) is 9.89 Å². The Morgan fingerprint density at radius 2 is 2.36 bits per heavy atom. The van der Waals surface area contributed by atoms with Crippen LogP contribution in [0.2, 0.25) is 0 Å². The molecule has 0 bridgehead atoms. The SMILES string of the molecule is Nc1cnc2c(C(=O)O)c[nH]n2c1=O. The molecule has 0 atom stereocenters. The highest BCUT2D eigenvalue weighted by Crippen LogP contribution is 2.05. The number of H-pyrrole nitrogens is 1. The summed E-state index contributed by atoms with van der Waals surface area (Å²) in [6, 6.07) is 0. The summed E-state index contributed by atoms with van der Waals surface area (Å²) in [6.45, 7) is 0. The summed E-state index contributed by atoms with van der Waals surface area (Å²) in [4.78, 5) is 25.8. The number of aromatic nitrogens is 3. The predicted octanol–water partition coefficient (Wildman–Crippen LogP) is -0.697. The number of rotatable bonds is 1. The maximum absolute atomic E-state index is 11.3. The zero-order valence-electron chi connectivity index (χ0n) is 6.89. The quantitative estimate of drug-likeness (QED) is 0.555. The van der Waals surface area contributed by atoms with E-state index in [0.29, 0.717) is 0 Å². The van der Waals surface area contributed by atoms with E-state index in [9.17, 15) is 9.59 Å². The van der Waals surface area contributed by atoms with E-state index in [4.69, 9.17) is 10.8 Å². The van der Waals surface area contributed by atoms with Crippen molar-refractivity contribution >= 4 is 17.3 Å². The van der Waals surface area contributed by atoms with Crippen LogP contribution in [0.1, 0.15) is 10.4 Å². The van der Waals surface area contributed by atoms with Crippen LogP contribution in [0.4, 0.5) is 5.69 Å². The molecule has 0 aliphatic rings.